The van der Waals surface area contributed by atoms with Crippen molar-refractivity contribution in [1.82, 2.24) is 5.32 Å². The third-order valence-corrected chi connectivity index (χ3v) is 2.15. The topological polar surface area (TPSA) is 72.2 Å². The van der Waals surface area contributed by atoms with Crippen LogP contribution in [0.1, 0.15) is 40.0 Å². The molecule has 0 saturated heterocycles. The Kier molecular flexibility index (Phi) is 6.12. The molecule has 0 aliphatic carbocycles. The Labute approximate surface area is 85.2 Å². The first-order valence-electron chi connectivity index (χ1n) is 5.13. The largest absolute Gasteiger partial charge is 0.347 e. The van der Waals surface area contributed by atoms with E-state index in [9.17, 15) is 9.59 Å². The molecule has 0 aliphatic rings. The SMILES string of the molecule is CCCC(N)C(=O)C(=O)NC(C)CC. The van der Waals surface area contributed by atoms with Crippen LogP contribution >= 0.6 is 0 Å². The summed E-state index contributed by atoms with van der Waals surface area (Å²) in [6, 6.07) is -0.621. The Morgan fingerprint density at radius 1 is 1.36 bits per heavy atom. The van der Waals surface area contributed by atoms with Crippen LogP contribution in [-0.2, 0) is 9.59 Å². The van der Waals surface area contributed by atoms with E-state index in [1.165, 1.54) is 0 Å². The zero-order valence-corrected chi connectivity index (χ0v) is 9.17. The maximum atomic E-state index is 11.3. The van der Waals surface area contributed by atoms with E-state index in [0.29, 0.717) is 6.42 Å². The van der Waals surface area contributed by atoms with E-state index in [2.05, 4.69) is 5.32 Å². The molecule has 4 heteroatoms. The second kappa shape index (κ2) is 6.54. The number of carbonyl (C=O) groups excluding carboxylic acids is 2. The Balaban J connectivity index is 4.05. The number of carbonyl (C=O) groups is 2. The third-order valence-electron chi connectivity index (χ3n) is 2.15. The van der Waals surface area contributed by atoms with E-state index in [1.54, 1.807) is 0 Å². The lowest BCUT2D eigenvalue weighted by Crippen LogP contribution is -2.45. The molecule has 0 spiro atoms. The van der Waals surface area contributed by atoms with E-state index in [-0.39, 0.29) is 6.04 Å². The van der Waals surface area contributed by atoms with Crippen LogP contribution in [0.3, 0.4) is 0 Å². The Hall–Kier alpha value is -0.900. The molecule has 4 nitrogen and oxygen atoms in total. The number of hydrogen-bond donors (Lipinski definition) is 2. The summed E-state index contributed by atoms with van der Waals surface area (Å²) in [5.41, 5.74) is 5.54. The summed E-state index contributed by atoms with van der Waals surface area (Å²) < 4.78 is 0. The van der Waals surface area contributed by atoms with Crippen LogP contribution in [0.5, 0.6) is 0 Å². The number of hydrogen-bond acceptors (Lipinski definition) is 3. The number of nitrogens with one attached hydrogen (secondary N) is 1. The van der Waals surface area contributed by atoms with Gasteiger partial charge in [0.05, 0.1) is 6.04 Å². The molecule has 2 atom stereocenters. The molecule has 0 radical (unpaired) electrons. The maximum absolute atomic E-state index is 11.3. The Bertz CT molecular complexity index is 204. The van der Waals surface area contributed by atoms with Crippen molar-refractivity contribution in [2.24, 2.45) is 5.73 Å². The third kappa shape index (κ3) is 4.37. The van der Waals surface area contributed by atoms with E-state index in [0.717, 1.165) is 12.8 Å². The van der Waals surface area contributed by atoms with Crippen molar-refractivity contribution in [2.45, 2.75) is 52.1 Å². The average Bonchev–Trinajstić information content (AvgIpc) is 2.16. The summed E-state index contributed by atoms with van der Waals surface area (Å²) in [5, 5.41) is 2.60. The van der Waals surface area contributed by atoms with Crippen molar-refractivity contribution >= 4 is 11.7 Å². The molecule has 0 aromatic rings. The lowest BCUT2D eigenvalue weighted by molar-refractivity contribution is -0.139. The highest BCUT2D eigenvalue weighted by atomic mass is 16.2. The first-order valence-corrected chi connectivity index (χ1v) is 5.13. The van der Waals surface area contributed by atoms with Crippen LogP contribution in [0.15, 0.2) is 0 Å². The molecular formula is C10H20N2O2. The Morgan fingerprint density at radius 3 is 2.36 bits per heavy atom. The summed E-state index contributed by atoms with van der Waals surface area (Å²) in [7, 11) is 0. The number of rotatable bonds is 6. The molecule has 1 amide bonds. The fraction of sp³-hybridized carbons (Fsp3) is 0.800. The molecule has 3 N–H and O–H groups in total. The molecule has 0 rings (SSSR count). The molecule has 0 bridgehead atoms. The van der Waals surface area contributed by atoms with Gasteiger partial charge in [0.1, 0.15) is 0 Å². The van der Waals surface area contributed by atoms with E-state index < -0.39 is 17.7 Å². The zero-order chi connectivity index (χ0) is 11.1. The maximum Gasteiger partial charge on any atom is 0.289 e. The monoisotopic (exact) mass is 200 g/mol. The fourth-order valence-corrected chi connectivity index (χ4v) is 1.01. The summed E-state index contributed by atoms with van der Waals surface area (Å²) >= 11 is 0. The minimum Gasteiger partial charge on any atom is -0.347 e. The number of ketones is 1. The molecule has 0 saturated carbocycles. The molecule has 0 heterocycles. The van der Waals surface area contributed by atoms with E-state index in [1.807, 2.05) is 20.8 Å². The van der Waals surface area contributed by atoms with Gasteiger partial charge in [0, 0.05) is 6.04 Å². The van der Waals surface area contributed by atoms with E-state index >= 15 is 0 Å². The first kappa shape index (κ1) is 13.1. The average molecular weight is 200 g/mol. The summed E-state index contributed by atoms with van der Waals surface area (Å²) in [6.07, 6.45) is 2.18. The second-order valence-electron chi connectivity index (χ2n) is 3.54. The van der Waals surface area contributed by atoms with Crippen molar-refractivity contribution in [3.63, 3.8) is 0 Å². The van der Waals surface area contributed by atoms with Gasteiger partial charge in [-0.2, -0.15) is 0 Å². The fourth-order valence-electron chi connectivity index (χ4n) is 1.01. The number of amides is 1. The van der Waals surface area contributed by atoms with Gasteiger partial charge in [-0.15, -0.1) is 0 Å². The second-order valence-corrected chi connectivity index (χ2v) is 3.54. The molecule has 14 heavy (non-hydrogen) atoms. The van der Waals surface area contributed by atoms with Gasteiger partial charge in [0.2, 0.25) is 5.78 Å². The van der Waals surface area contributed by atoms with Crippen LogP contribution in [0.2, 0.25) is 0 Å². The van der Waals surface area contributed by atoms with Gasteiger partial charge < -0.3 is 11.1 Å². The van der Waals surface area contributed by atoms with Gasteiger partial charge >= 0.3 is 0 Å². The quantitative estimate of drug-likeness (QED) is 0.617. The highest BCUT2D eigenvalue weighted by molar-refractivity contribution is 6.38. The normalized spacial score (nSPS) is 14.6. The summed E-state index contributed by atoms with van der Waals surface area (Å²) in [4.78, 5) is 22.6. The van der Waals surface area contributed by atoms with Crippen molar-refractivity contribution in [3.8, 4) is 0 Å². The molecule has 0 aromatic heterocycles. The lowest BCUT2D eigenvalue weighted by Gasteiger charge is -2.13. The van der Waals surface area contributed by atoms with Crippen LogP contribution < -0.4 is 11.1 Å². The van der Waals surface area contributed by atoms with Crippen molar-refractivity contribution in [1.29, 1.82) is 0 Å². The van der Waals surface area contributed by atoms with E-state index in [4.69, 9.17) is 5.73 Å². The Morgan fingerprint density at radius 2 is 1.93 bits per heavy atom. The van der Waals surface area contributed by atoms with Gasteiger partial charge in [0.25, 0.3) is 5.91 Å². The molecular weight excluding hydrogens is 180 g/mol. The van der Waals surface area contributed by atoms with Crippen LogP contribution in [0.25, 0.3) is 0 Å². The van der Waals surface area contributed by atoms with Crippen LogP contribution in [0.4, 0.5) is 0 Å². The minimum absolute atomic E-state index is 0.0280. The standard InChI is InChI=1S/C10H20N2O2/c1-4-6-8(11)9(13)10(14)12-7(3)5-2/h7-8H,4-6,11H2,1-3H3,(H,12,14). The predicted octanol–water partition coefficient (Wildman–Crippen LogP) is 0.598. The minimum atomic E-state index is -0.649. The van der Waals surface area contributed by atoms with Gasteiger partial charge in [-0.25, -0.2) is 0 Å². The molecule has 2 unspecified atom stereocenters. The van der Waals surface area contributed by atoms with Gasteiger partial charge in [-0.1, -0.05) is 20.3 Å². The van der Waals surface area contributed by atoms with Gasteiger partial charge in [-0.05, 0) is 19.8 Å². The zero-order valence-electron chi connectivity index (χ0n) is 9.17. The van der Waals surface area contributed by atoms with Gasteiger partial charge in [-0.3, -0.25) is 9.59 Å². The van der Waals surface area contributed by atoms with Crippen molar-refractivity contribution < 1.29 is 9.59 Å². The highest BCUT2D eigenvalue weighted by Gasteiger charge is 2.21. The summed E-state index contributed by atoms with van der Waals surface area (Å²) in [5.74, 6) is -1.06. The van der Waals surface area contributed by atoms with Crippen LogP contribution in [-0.4, -0.2) is 23.8 Å². The molecule has 0 fully saturated rings. The highest BCUT2D eigenvalue weighted by Crippen LogP contribution is 1.96. The first-order chi connectivity index (χ1) is 6.52. The molecule has 0 aromatic carbocycles. The van der Waals surface area contributed by atoms with Crippen molar-refractivity contribution in [3.05, 3.63) is 0 Å². The van der Waals surface area contributed by atoms with Crippen LogP contribution in [0, 0.1) is 0 Å². The summed E-state index contributed by atoms with van der Waals surface area (Å²) in [6.45, 7) is 5.73. The number of Topliss-reactive ketones (excluding diaryl/α,β-unsaturated/α-hetero) is 1. The van der Waals surface area contributed by atoms with Gasteiger partial charge in [0.15, 0.2) is 0 Å². The predicted molar refractivity (Wildman–Crippen MR) is 55.8 cm³/mol. The molecule has 0 aliphatic heterocycles. The lowest BCUT2D eigenvalue weighted by atomic mass is 10.1. The number of nitrogens with two attached hydrogens (primary N) is 1. The molecule has 82 valence electrons. The van der Waals surface area contributed by atoms with Crippen molar-refractivity contribution in [2.75, 3.05) is 0 Å². The smallest absolute Gasteiger partial charge is 0.289 e.